The van der Waals surface area contributed by atoms with Crippen LogP contribution < -0.4 is 10.1 Å². The number of hydrogen-bond acceptors (Lipinski definition) is 2. The monoisotopic (exact) mass is 321 g/mol. The van der Waals surface area contributed by atoms with Gasteiger partial charge in [-0.15, -0.1) is 0 Å². The number of halogens is 2. The van der Waals surface area contributed by atoms with Gasteiger partial charge in [0, 0.05) is 17.5 Å². The Morgan fingerprint density at radius 3 is 2.77 bits per heavy atom. The standard InChI is InChI=1S/C17H17ClFNO2/c1-11-8-15(16(22-2)10-14(11)18)20-17(21)7-6-12-4-3-5-13(19)9-12/h3-5,8-10H,6-7H2,1-2H3,(H,20,21). The van der Waals surface area contributed by atoms with E-state index in [9.17, 15) is 9.18 Å². The Bertz CT molecular complexity index is 688. The summed E-state index contributed by atoms with van der Waals surface area (Å²) in [5, 5.41) is 3.38. The number of hydrogen-bond donors (Lipinski definition) is 1. The number of nitrogens with one attached hydrogen (secondary N) is 1. The Balaban J connectivity index is 2.01. The lowest BCUT2D eigenvalue weighted by atomic mass is 10.1. The van der Waals surface area contributed by atoms with Gasteiger partial charge in [0.2, 0.25) is 5.91 Å². The number of aryl methyl sites for hydroxylation is 2. The van der Waals surface area contributed by atoms with Crippen molar-refractivity contribution in [2.75, 3.05) is 12.4 Å². The molecule has 0 unspecified atom stereocenters. The number of methoxy groups -OCH3 is 1. The third-order valence-corrected chi connectivity index (χ3v) is 3.69. The molecular formula is C17H17ClFNO2. The van der Waals surface area contributed by atoms with Crippen molar-refractivity contribution in [1.82, 2.24) is 0 Å². The van der Waals surface area contributed by atoms with Gasteiger partial charge in [-0.25, -0.2) is 4.39 Å². The fraction of sp³-hybridized carbons (Fsp3) is 0.235. The highest BCUT2D eigenvalue weighted by Gasteiger charge is 2.10. The number of amides is 1. The molecule has 1 amide bonds. The van der Waals surface area contributed by atoms with Crippen LogP contribution in [-0.2, 0) is 11.2 Å². The molecule has 0 heterocycles. The second-order valence-corrected chi connectivity index (χ2v) is 5.39. The molecule has 22 heavy (non-hydrogen) atoms. The summed E-state index contributed by atoms with van der Waals surface area (Å²) in [7, 11) is 1.52. The van der Waals surface area contributed by atoms with Crippen molar-refractivity contribution in [2.24, 2.45) is 0 Å². The SMILES string of the molecule is COc1cc(Cl)c(C)cc1NC(=O)CCc1cccc(F)c1. The highest BCUT2D eigenvalue weighted by atomic mass is 35.5. The van der Waals surface area contributed by atoms with E-state index in [2.05, 4.69) is 5.32 Å². The second kappa shape index (κ2) is 7.27. The first kappa shape index (κ1) is 16.3. The summed E-state index contributed by atoms with van der Waals surface area (Å²) in [5.74, 6) is 0.0480. The van der Waals surface area contributed by atoms with Gasteiger partial charge < -0.3 is 10.1 Å². The maximum atomic E-state index is 13.1. The highest BCUT2D eigenvalue weighted by Crippen LogP contribution is 2.31. The molecule has 0 bridgehead atoms. The minimum atomic E-state index is -0.298. The molecule has 0 radical (unpaired) electrons. The van der Waals surface area contributed by atoms with E-state index in [1.54, 1.807) is 24.3 Å². The molecule has 3 nitrogen and oxygen atoms in total. The normalized spacial score (nSPS) is 10.4. The molecule has 5 heteroatoms. The van der Waals surface area contributed by atoms with Crippen LogP contribution in [0.3, 0.4) is 0 Å². The highest BCUT2D eigenvalue weighted by molar-refractivity contribution is 6.31. The van der Waals surface area contributed by atoms with E-state index in [1.807, 2.05) is 6.92 Å². The van der Waals surface area contributed by atoms with Crippen molar-refractivity contribution in [3.05, 3.63) is 58.4 Å². The van der Waals surface area contributed by atoms with Gasteiger partial charge in [0.05, 0.1) is 12.8 Å². The summed E-state index contributed by atoms with van der Waals surface area (Å²) in [5.41, 5.74) is 2.21. The van der Waals surface area contributed by atoms with E-state index in [0.717, 1.165) is 11.1 Å². The molecule has 2 aromatic carbocycles. The van der Waals surface area contributed by atoms with Gasteiger partial charge in [-0.1, -0.05) is 23.7 Å². The minimum absolute atomic E-state index is 0.163. The summed E-state index contributed by atoms with van der Waals surface area (Å²) in [6.45, 7) is 1.85. The Morgan fingerprint density at radius 1 is 1.32 bits per heavy atom. The fourth-order valence-corrected chi connectivity index (χ4v) is 2.25. The van der Waals surface area contributed by atoms with Crippen LogP contribution in [0, 0.1) is 12.7 Å². The fourth-order valence-electron chi connectivity index (χ4n) is 2.09. The lowest BCUT2D eigenvalue weighted by Crippen LogP contribution is -2.13. The number of rotatable bonds is 5. The van der Waals surface area contributed by atoms with E-state index >= 15 is 0 Å². The molecule has 0 spiro atoms. The van der Waals surface area contributed by atoms with Crippen LogP contribution in [0.25, 0.3) is 0 Å². The van der Waals surface area contributed by atoms with Crippen LogP contribution in [0.2, 0.25) is 5.02 Å². The lowest BCUT2D eigenvalue weighted by molar-refractivity contribution is -0.116. The van der Waals surface area contributed by atoms with Crippen LogP contribution in [0.4, 0.5) is 10.1 Å². The van der Waals surface area contributed by atoms with Crippen molar-refractivity contribution in [1.29, 1.82) is 0 Å². The summed E-state index contributed by atoms with van der Waals surface area (Å²) in [6.07, 6.45) is 0.729. The Morgan fingerprint density at radius 2 is 2.09 bits per heavy atom. The second-order valence-electron chi connectivity index (χ2n) is 4.98. The van der Waals surface area contributed by atoms with E-state index < -0.39 is 0 Å². The third kappa shape index (κ3) is 4.21. The third-order valence-electron chi connectivity index (χ3n) is 3.28. The van der Waals surface area contributed by atoms with Crippen LogP contribution in [0.5, 0.6) is 5.75 Å². The number of ether oxygens (including phenoxy) is 1. The largest absolute Gasteiger partial charge is 0.495 e. The number of anilines is 1. The molecule has 2 rings (SSSR count). The summed E-state index contributed by atoms with van der Waals surface area (Å²) in [4.78, 5) is 12.0. The zero-order chi connectivity index (χ0) is 16.1. The average Bonchev–Trinajstić information content (AvgIpc) is 2.49. The maximum absolute atomic E-state index is 13.1. The van der Waals surface area contributed by atoms with Crippen LogP contribution >= 0.6 is 11.6 Å². The van der Waals surface area contributed by atoms with Gasteiger partial charge in [0.25, 0.3) is 0 Å². The number of benzene rings is 2. The van der Waals surface area contributed by atoms with Crippen molar-refractivity contribution in [3.8, 4) is 5.75 Å². The van der Waals surface area contributed by atoms with Crippen molar-refractivity contribution in [3.63, 3.8) is 0 Å². The van der Waals surface area contributed by atoms with Gasteiger partial charge >= 0.3 is 0 Å². The number of carbonyl (C=O) groups excluding carboxylic acids is 1. The predicted octanol–water partition coefficient (Wildman–Crippen LogP) is 4.37. The zero-order valence-corrected chi connectivity index (χ0v) is 13.2. The molecule has 1 N–H and O–H groups in total. The molecule has 0 aliphatic carbocycles. The molecule has 0 saturated carbocycles. The van der Waals surface area contributed by atoms with E-state index in [0.29, 0.717) is 22.9 Å². The van der Waals surface area contributed by atoms with Crippen LogP contribution in [0.15, 0.2) is 36.4 Å². The minimum Gasteiger partial charge on any atom is -0.495 e. The number of carbonyl (C=O) groups is 1. The quantitative estimate of drug-likeness (QED) is 0.888. The summed E-state index contributed by atoms with van der Waals surface area (Å²) in [6, 6.07) is 9.67. The zero-order valence-electron chi connectivity index (χ0n) is 12.5. The molecule has 2 aromatic rings. The van der Waals surface area contributed by atoms with Crippen molar-refractivity contribution >= 4 is 23.2 Å². The van der Waals surface area contributed by atoms with Crippen molar-refractivity contribution in [2.45, 2.75) is 19.8 Å². The first-order valence-electron chi connectivity index (χ1n) is 6.88. The smallest absolute Gasteiger partial charge is 0.224 e. The van der Waals surface area contributed by atoms with Crippen molar-refractivity contribution < 1.29 is 13.9 Å². The Kier molecular flexibility index (Phi) is 5.39. The molecule has 0 aliphatic heterocycles. The Labute approximate surface area is 134 Å². The van der Waals surface area contributed by atoms with E-state index in [4.69, 9.17) is 16.3 Å². The first-order valence-corrected chi connectivity index (χ1v) is 7.26. The summed E-state index contributed by atoms with van der Waals surface area (Å²) < 4.78 is 18.3. The van der Waals surface area contributed by atoms with Gasteiger partial charge in [0.15, 0.2) is 0 Å². The molecule has 0 saturated heterocycles. The van der Waals surface area contributed by atoms with E-state index in [1.165, 1.54) is 19.2 Å². The Hall–Kier alpha value is -2.07. The van der Waals surface area contributed by atoms with E-state index in [-0.39, 0.29) is 18.1 Å². The summed E-state index contributed by atoms with van der Waals surface area (Å²) >= 11 is 6.03. The van der Waals surface area contributed by atoms with Gasteiger partial charge in [0.1, 0.15) is 11.6 Å². The van der Waals surface area contributed by atoms with Gasteiger partial charge in [-0.2, -0.15) is 0 Å². The molecule has 0 aromatic heterocycles. The molecular weight excluding hydrogens is 305 g/mol. The predicted molar refractivity (Wildman–Crippen MR) is 86.1 cm³/mol. The van der Waals surface area contributed by atoms with Gasteiger partial charge in [-0.3, -0.25) is 4.79 Å². The molecule has 0 fully saturated rings. The topological polar surface area (TPSA) is 38.3 Å². The van der Waals surface area contributed by atoms with Crippen LogP contribution in [0.1, 0.15) is 17.5 Å². The van der Waals surface area contributed by atoms with Crippen LogP contribution in [-0.4, -0.2) is 13.0 Å². The maximum Gasteiger partial charge on any atom is 0.224 e. The first-order chi connectivity index (χ1) is 10.5. The molecule has 0 atom stereocenters. The molecule has 0 aliphatic rings. The lowest BCUT2D eigenvalue weighted by Gasteiger charge is -2.12. The van der Waals surface area contributed by atoms with Gasteiger partial charge in [-0.05, 0) is 42.7 Å². The molecule has 116 valence electrons. The average molecular weight is 322 g/mol.